The summed E-state index contributed by atoms with van der Waals surface area (Å²) in [5.74, 6) is 0.514. The lowest BCUT2D eigenvalue weighted by molar-refractivity contribution is 0.0706. The standard InChI is InChI=1S/C17H22ClN3O2/c1-4-20(12(2)3)16-11-14(18)9-10-21(16)15-7-5-13(6-8-15)17(22)19-23/h5-9,11-12,23H,4,10H2,1-3H3,(H,19,22). The van der Waals surface area contributed by atoms with Gasteiger partial charge in [-0.05, 0) is 57.2 Å². The first-order valence-corrected chi connectivity index (χ1v) is 8.01. The lowest BCUT2D eigenvalue weighted by Crippen LogP contribution is -2.40. The van der Waals surface area contributed by atoms with Crippen molar-refractivity contribution in [2.45, 2.75) is 26.8 Å². The molecular weight excluding hydrogens is 314 g/mol. The fraction of sp³-hybridized carbons (Fsp3) is 0.353. The van der Waals surface area contributed by atoms with Crippen molar-refractivity contribution in [3.63, 3.8) is 0 Å². The average molecular weight is 336 g/mol. The quantitative estimate of drug-likeness (QED) is 0.640. The van der Waals surface area contributed by atoms with Gasteiger partial charge in [0.2, 0.25) is 0 Å². The normalized spacial score (nSPS) is 14.4. The van der Waals surface area contributed by atoms with Gasteiger partial charge in [-0.1, -0.05) is 11.6 Å². The molecule has 0 spiro atoms. The summed E-state index contributed by atoms with van der Waals surface area (Å²) in [6.07, 6.45) is 3.91. The predicted octanol–water partition coefficient (Wildman–Crippen LogP) is 3.32. The molecule has 5 nitrogen and oxygen atoms in total. The number of carbonyl (C=O) groups is 1. The van der Waals surface area contributed by atoms with E-state index in [1.165, 1.54) is 0 Å². The number of hydrogen-bond donors (Lipinski definition) is 2. The number of carbonyl (C=O) groups excluding carboxylic acids is 1. The van der Waals surface area contributed by atoms with E-state index >= 15 is 0 Å². The number of hydroxylamine groups is 1. The topological polar surface area (TPSA) is 55.8 Å². The van der Waals surface area contributed by atoms with Crippen molar-refractivity contribution in [3.05, 3.63) is 52.8 Å². The first-order chi connectivity index (χ1) is 11.0. The van der Waals surface area contributed by atoms with E-state index in [1.54, 1.807) is 17.6 Å². The van der Waals surface area contributed by atoms with Crippen molar-refractivity contribution in [3.8, 4) is 0 Å². The van der Waals surface area contributed by atoms with Crippen LogP contribution in [0.3, 0.4) is 0 Å². The van der Waals surface area contributed by atoms with Crippen molar-refractivity contribution in [2.24, 2.45) is 0 Å². The summed E-state index contributed by atoms with van der Waals surface area (Å²) in [4.78, 5) is 15.8. The molecule has 1 aromatic carbocycles. The Morgan fingerprint density at radius 3 is 2.57 bits per heavy atom. The van der Waals surface area contributed by atoms with E-state index in [-0.39, 0.29) is 0 Å². The first-order valence-electron chi connectivity index (χ1n) is 7.64. The molecule has 0 bridgehead atoms. The van der Waals surface area contributed by atoms with Crippen LogP contribution in [0.5, 0.6) is 0 Å². The van der Waals surface area contributed by atoms with E-state index in [4.69, 9.17) is 16.8 Å². The fourth-order valence-corrected chi connectivity index (χ4v) is 2.82. The molecule has 0 atom stereocenters. The highest BCUT2D eigenvalue weighted by Gasteiger charge is 2.22. The van der Waals surface area contributed by atoms with Gasteiger partial charge in [0.15, 0.2) is 0 Å². The van der Waals surface area contributed by atoms with E-state index in [9.17, 15) is 4.79 Å². The Morgan fingerprint density at radius 2 is 2.04 bits per heavy atom. The monoisotopic (exact) mass is 335 g/mol. The molecule has 0 radical (unpaired) electrons. The number of amides is 1. The minimum Gasteiger partial charge on any atom is -0.356 e. The molecule has 124 valence electrons. The Labute approximate surface area is 141 Å². The Morgan fingerprint density at radius 1 is 1.39 bits per heavy atom. The minimum absolute atomic E-state index is 0.343. The highest BCUT2D eigenvalue weighted by Crippen LogP contribution is 2.28. The predicted molar refractivity (Wildman–Crippen MR) is 92.6 cm³/mol. The molecule has 1 aromatic rings. The molecule has 0 aliphatic carbocycles. The summed E-state index contributed by atoms with van der Waals surface area (Å²) < 4.78 is 0. The molecule has 0 saturated carbocycles. The number of anilines is 1. The third kappa shape index (κ3) is 3.86. The van der Waals surface area contributed by atoms with Gasteiger partial charge in [0, 0.05) is 35.4 Å². The first kappa shape index (κ1) is 17.4. The molecule has 0 unspecified atom stereocenters. The number of halogens is 1. The van der Waals surface area contributed by atoms with Crippen LogP contribution in [0.2, 0.25) is 0 Å². The number of nitrogens with zero attached hydrogens (tertiary/aromatic N) is 2. The number of allylic oxidation sites excluding steroid dienone is 2. The van der Waals surface area contributed by atoms with Crippen LogP contribution in [-0.4, -0.2) is 35.1 Å². The zero-order valence-electron chi connectivity index (χ0n) is 13.6. The summed E-state index contributed by atoms with van der Waals surface area (Å²) >= 11 is 6.21. The molecule has 1 amide bonds. The van der Waals surface area contributed by atoms with E-state index < -0.39 is 5.91 Å². The van der Waals surface area contributed by atoms with E-state index in [2.05, 4.69) is 30.6 Å². The van der Waals surface area contributed by atoms with Crippen molar-refractivity contribution < 1.29 is 10.0 Å². The van der Waals surface area contributed by atoms with Gasteiger partial charge in [0.05, 0.1) is 0 Å². The van der Waals surface area contributed by atoms with Crippen LogP contribution >= 0.6 is 11.6 Å². The molecule has 1 heterocycles. The number of nitrogens with one attached hydrogen (secondary N) is 1. The van der Waals surface area contributed by atoms with Crippen LogP contribution in [0.15, 0.2) is 47.3 Å². The highest BCUT2D eigenvalue weighted by molar-refractivity contribution is 6.31. The van der Waals surface area contributed by atoms with Crippen molar-refractivity contribution in [1.29, 1.82) is 0 Å². The summed E-state index contributed by atoms with van der Waals surface area (Å²) in [6.45, 7) is 7.93. The minimum atomic E-state index is -0.522. The van der Waals surface area contributed by atoms with Gasteiger partial charge in [-0.25, -0.2) is 5.48 Å². The summed E-state index contributed by atoms with van der Waals surface area (Å²) in [6, 6.07) is 7.43. The Kier molecular flexibility index (Phi) is 5.69. The van der Waals surface area contributed by atoms with E-state index in [1.807, 2.05) is 24.3 Å². The summed E-state index contributed by atoms with van der Waals surface area (Å²) in [5.41, 5.74) is 3.01. The maximum absolute atomic E-state index is 11.4. The number of rotatable bonds is 5. The van der Waals surface area contributed by atoms with Gasteiger partial charge in [-0.3, -0.25) is 10.0 Å². The lowest BCUT2D eigenvalue weighted by Gasteiger charge is -2.39. The molecule has 1 aliphatic rings. The largest absolute Gasteiger partial charge is 0.356 e. The van der Waals surface area contributed by atoms with Crippen LogP contribution in [0.4, 0.5) is 5.69 Å². The summed E-state index contributed by atoms with van der Waals surface area (Å²) in [5, 5.41) is 9.42. The lowest BCUT2D eigenvalue weighted by atomic mass is 10.1. The Hall–Kier alpha value is -1.98. The highest BCUT2D eigenvalue weighted by atomic mass is 35.5. The molecular formula is C17H22ClN3O2. The Bertz CT molecular complexity index is 623. The fourth-order valence-electron chi connectivity index (χ4n) is 2.66. The molecule has 0 saturated heterocycles. The van der Waals surface area contributed by atoms with E-state index in [0.717, 1.165) is 23.1 Å². The van der Waals surface area contributed by atoms with Crippen LogP contribution in [-0.2, 0) is 0 Å². The van der Waals surface area contributed by atoms with Crippen molar-refractivity contribution in [2.75, 3.05) is 18.0 Å². The van der Waals surface area contributed by atoms with Crippen LogP contribution in [0, 0.1) is 0 Å². The second kappa shape index (κ2) is 7.53. The Balaban J connectivity index is 2.33. The van der Waals surface area contributed by atoms with Gasteiger partial charge >= 0.3 is 0 Å². The molecule has 2 N–H and O–H groups in total. The second-order valence-electron chi connectivity index (χ2n) is 5.57. The third-order valence-electron chi connectivity index (χ3n) is 3.81. The van der Waals surface area contributed by atoms with Crippen LogP contribution < -0.4 is 10.4 Å². The van der Waals surface area contributed by atoms with Crippen LogP contribution in [0.25, 0.3) is 0 Å². The van der Waals surface area contributed by atoms with Crippen molar-refractivity contribution in [1.82, 2.24) is 10.4 Å². The van der Waals surface area contributed by atoms with Gasteiger partial charge in [-0.15, -0.1) is 0 Å². The molecule has 1 aliphatic heterocycles. The molecule has 0 aromatic heterocycles. The third-order valence-corrected chi connectivity index (χ3v) is 4.08. The van der Waals surface area contributed by atoms with Gasteiger partial charge < -0.3 is 9.80 Å². The summed E-state index contributed by atoms with van der Waals surface area (Å²) in [7, 11) is 0. The smallest absolute Gasteiger partial charge is 0.274 e. The maximum atomic E-state index is 11.4. The van der Waals surface area contributed by atoms with Crippen molar-refractivity contribution >= 4 is 23.2 Å². The second-order valence-corrected chi connectivity index (χ2v) is 6.01. The molecule has 6 heteroatoms. The number of hydrogen-bond acceptors (Lipinski definition) is 4. The zero-order chi connectivity index (χ0) is 17.0. The van der Waals surface area contributed by atoms with Gasteiger partial charge in [0.25, 0.3) is 5.91 Å². The SMILES string of the molecule is CCN(C1=CC(Cl)=CCN1c1ccc(C(=O)NO)cc1)C(C)C. The van der Waals surface area contributed by atoms with Gasteiger partial charge in [0.1, 0.15) is 5.82 Å². The zero-order valence-corrected chi connectivity index (χ0v) is 14.3. The molecule has 0 fully saturated rings. The molecule has 2 rings (SSSR count). The van der Waals surface area contributed by atoms with Gasteiger partial charge in [-0.2, -0.15) is 0 Å². The van der Waals surface area contributed by atoms with E-state index in [0.29, 0.717) is 18.2 Å². The average Bonchev–Trinajstić information content (AvgIpc) is 2.55. The van der Waals surface area contributed by atoms with Crippen LogP contribution in [0.1, 0.15) is 31.1 Å². The number of benzene rings is 1. The molecule has 23 heavy (non-hydrogen) atoms. The maximum Gasteiger partial charge on any atom is 0.274 e.